The first-order valence-corrected chi connectivity index (χ1v) is 12.4. The largest absolute Gasteiger partial charge is 0.507 e. The molecule has 4 aromatic rings. The van der Waals surface area contributed by atoms with E-state index in [4.69, 9.17) is 10.5 Å². The lowest BCUT2D eigenvalue weighted by Crippen LogP contribution is -2.25. The van der Waals surface area contributed by atoms with Crippen LogP contribution in [-0.2, 0) is 10.0 Å². The van der Waals surface area contributed by atoms with Gasteiger partial charge in [-0.1, -0.05) is 48.5 Å². The number of hydrogen-bond donors (Lipinski definition) is 3. The molecule has 0 aromatic heterocycles. The molecular formula is C27H20N2O6S. The first kappa shape index (κ1) is 23.1. The number of para-hydroxylation sites is 1. The minimum absolute atomic E-state index is 0.0139. The highest BCUT2D eigenvalue weighted by Gasteiger charge is 2.37. The highest BCUT2D eigenvalue weighted by atomic mass is 32.2. The molecule has 0 saturated heterocycles. The van der Waals surface area contributed by atoms with Gasteiger partial charge in [-0.3, -0.25) is 14.3 Å². The van der Waals surface area contributed by atoms with Gasteiger partial charge in [0.05, 0.1) is 33.0 Å². The number of aromatic hydroxyl groups is 1. The molecule has 180 valence electrons. The number of carbonyl (C=O) groups excluding carboxylic acids is 2. The molecule has 9 heteroatoms. The average molecular weight is 501 g/mol. The number of aryl methyl sites for hydroxylation is 1. The van der Waals surface area contributed by atoms with Gasteiger partial charge in [0.2, 0.25) is 0 Å². The van der Waals surface area contributed by atoms with Crippen LogP contribution in [0.2, 0.25) is 0 Å². The molecule has 8 nitrogen and oxygen atoms in total. The summed E-state index contributed by atoms with van der Waals surface area (Å²) in [5.74, 6) is -1.45. The van der Waals surface area contributed by atoms with Gasteiger partial charge in [0.15, 0.2) is 17.3 Å². The first-order chi connectivity index (χ1) is 17.2. The van der Waals surface area contributed by atoms with E-state index in [1.807, 2.05) is 0 Å². The maximum atomic E-state index is 13.7. The molecule has 1 aliphatic rings. The van der Waals surface area contributed by atoms with Crippen molar-refractivity contribution in [3.63, 3.8) is 0 Å². The summed E-state index contributed by atoms with van der Waals surface area (Å²) in [5.41, 5.74) is 5.84. The van der Waals surface area contributed by atoms with Crippen LogP contribution in [0.1, 0.15) is 37.4 Å². The molecule has 0 spiro atoms. The maximum Gasteiger partial charge on any atom is 0.262 e. The Balaban J connectivity index is 1.63. The van der Waals surface area contributed by atoms with Crippen LogP contribution in [0.4, 0.5) is 11.4 Å². The number of nitrogens with two attached hydrogens (primary N) is 1. The highest BCUT2D eigenvalue weighted by Crippen LogP contribution is 2.44. The highest BCUT2D eigenvalue weighted by molar-refractivity contribution is 7.92. The van der Waals surface area contributed by atoms with E-state index in [0.717, 1.165) is 0 Å². The number of phenolic OH excluding ortho intramolecular Hbond substituents is 1. The molecule has 0 bridgehead atoms. The molecule has 36 heavy (non-hydrogen) atoms. The van der Waals surface area contributed by atoms with Gasteiger partial charge < -0.3 is 15.6 Å². The fraction of sp³-hybridized carbons (Fsp3) is 0.0370. The minimum Gasteiger partial charge on any atom is -0.507 e. The number of ketones is 2. The van der Waals surface area contributed by atoms with Crippen molar-refractivity contribution < 1.29 is 27.9 Å². The lowest BCUT2D eigenvalue weighted by Gasteiger charge is -2.24. The van der Waals surface area contributed by atoms with Crippen molar-refractivity contribution in [2.45, 2.75) is 11.8 Å². The second kappa shape index (κ2) is 8.54. The average Bonchev–Trinajstić information content (AvgIpc) is 2.85. The van der Waals surface area contributed by atoms with Gasteiger partial charge >= 0.3 is 0 Å². The molecular weight excluding hydrogens is 480 g/mol. The second-order valence-electron chi connectivity index (χ2n) is 8.23. The number of sulfonamides is 1. The van der Waals surface area contributed by atoms with E-state index >= 15 is 0 Å². The third kappa shape index (κ3) is 3.75. The van der Waals surface area contributed by atoms with E-state index in [-0.39, 0.29) is 44.3 Å². The lowest BCUT2D eigenvalue weighted by atomic mass is 9.81. The molecule has 0 saturated carbocycles. The molecule has 0 unspecified atom stereocenters. The van der Waals surface area contributed by atoms with E-state index in [2.05, 4.69) is 4.72 Å². The summed E-state index contributed by atoms with van der Waals surface area (Å²) in [7, 11) is -4.08. The van der Waals surface area contributed by atoms with E-state index in [1.54, 1.807) is 55.5 Å². The Bertz CT molecular complexity index is 1660. The van der Waals surface area contributed by atoms with Crippen LogP contribution >= 0.6 is 0 Å². The van der Waals surface area contributed by atoms with Crippen LogP contribution < -0.4 is 15.2 Å². The van der Waals surface area contributed by atoms with Gasteiger partial charge in [0.25, 0.3) is 10.0 Å². The van der Waals surface area contributed by atoms with Crippen molar-refractivity contribution >= 4 is 33.0 Å². The summed E-state index contributed by atoms with van der Waals surface area (Å²) in [4.78, 5) is 27.1. The predicted octanol–water partition coefficient (Wildman–Crippen LogP) is 4.65. The normalized spacial score (nSPS) is 12.6. The van der Waals surface area contributed by atoms with Crippen molar-refractivity contribution in [1.29, 1.82) is 0 Å². The Kier molecular flexibility index (Phi) is 5.49. The first-order valence-electron chi connectivity index (χ1n) is 10.9. The molecule has 4 aromatic carbocycles. The molecule has 1 aliphatic carbocycles. The number of nitrogen functional groups attached to an aromatic ring is 1. The fourth-order valence-corrected chi connectivity index (χ4v) is 5.53. The van der Waals surface area contributed by atoms with E-state index in [9.17, 15) is 23.1 Å². The SMILES string of the molecule is Cc1ccccc1S(=O)(=O)Nc1cccc2c1C(=O)c1c(N)c(Oc3ccccc3)cc(O)c1C2=O. The van der Waals surface area contributed by atoms with Crippen molar-refractivity contribution in [2.75, 3.05) is 10.5 Å². The fourth-order valence-electron chi connectivity index (χ4n) is 4.21. The van der Waals surface area contributed by atoms with Crippen molar-refractivity contribution in [3.8, 4) is 17.2 Å². The van der Waals surface area contributed by atoms with Gasteiger partial charge in [0.1, 0.15) is 11.5 Å². The second-order valence-corrected chi connectivity index (χ2v) is 9.88. The van der Waals surface area contributed by atoms with Gasteiger partial charge in [-0.2, -0.15) is 0 Å². The van der Waals surface area contributed by atoms with Crippen molar-refractivity contribution in [3.05, 3.63) is 107 Å². The van der Waals surface area contributed by atoms with Crippen molar-refractivity contribution in [2.24, 2.45) is 0 Å². The number of ether oxygens (including phenoxy) is 1. The topological polar surface area (TPSA) is 136 Å². The third-order valence-corrected chi connectivity index (χ3v) is 7.42. The minimum atomic E-state index is -4.08. The molecule has 0 amide bonds. The number of phenols is 1. The summed E-state index contributed by atoms with van der Waals surface area (Å²) < 4.78 is 34.4. The monoisotopic (exact) mass is 500 g/mol. The van der Waals surface area contributed by atoms with E-state index in [1.165, 1.54) is 30.3 Å². The Labute approximate surface area is 207 Å². The van der Waals surface area contributed by atoms with Crippen LogP contribution in [0.5, 0.6) is 17.2 Å². The molecule has 0 heterocycles. The summed E-state index contributed by atoms with van der Waals surface area (Å²) in [6.07, 6.45) is 0. The number of rotatable bonds is 5. The number of fused-ring (bicyclic) bond motifs is 2. The smallest absolute Gasteiger partial charge is 0.262 e. The zero-order chi connectivity index (χ0) is 25.6. The number of hydrogen-bond acceptors (Lipinski definition) is 7. The van der Waals surface area contributed by atoms with Crippen LogP contribution in [0.3, 0.4) is 0 Å². The van der Waals surface area contributed by atoms with E-state index in [0.29, 0.717) is 11.3 Å². The maximum absolute atomic E-state index is 13.7. The number of carbonyl (C=O) groups is 2. The van der Waals surface area contributed by atoms with E-state index < -0.39 is 27.3 Å². The van der Waals surface area contributed by atoms with Crippen molar-refractivity contribution in [1.82, 2.24) is 0 Å². The standard InChI is InChI=1S/C27H20N2O6S/c1-15-8-5-6-13-21(15)36(33,34)29-18-12-7-11-17-22(18)27(32)24-23(26(17)31)19(30)14-20(25(24)28)35-16-9-3-2-4-10-16/h2-14,29-30H,28H2,1H3. The van der Waals surface area contributed by atoms with Crippen LogP contribution in [0, 0.1) is 6.92 Å². The molecule has 4 N–H and O–H groups in total. The molecule has 0 fully saturated rings. The Morgan fingerprint density at radius 1 is 0.833 bits per heavy atom. The number of benzene rings is 4. The molecule has 0 aliphatic heterocycles. The quantitative estimate of drug-likeness (QED) is 0.236. The van der Waals surface area contributed by atoms with Gasteiger partial charge in [0, 0.05) is 11.6 Å². The molecule has 5 rings (SSSR count). The lowest BCUT2D eigenvalue weighted by molar-refractivity contribution is 0.0977. The summed E-state index contributed by atoms with van der Waals surface area (Å²) in [5, 5.41) is 10.7. The molecule has 0 radical (unpaired) electrons. The summed E-state index contributed by atoms with van der Waals surface area (Å²) >= 11 is 0. The predicted molar refractivity (Wildman–Crippen MR) is 134 cm³/mol. The summed E-state index contributed by atoms with van der Waals surface area (Å²) in [6.45, 7) is 1.65. The summed E-state index contributed by atoms with van der Waals surface area (Å²) in [6, 6.07) is 20.4. The Morgan fingerprint density at radius 3 is 2.25 bits per heavy atom. The Hall–Kier alpha value is -4.63. The Morgan fingerprint density at radius 2 is 1.53 bits per heavy atom. The van der Waals surface area contributed by atoms with Crippen LogP contribution in [0.15, 0.2) is 83.8 Å². The molecule has 0 atom stereocenters. The van der Waals surface area contributed by atoms with Crippen LogP contribution in [-0.4, -0.2) is 25.1 Å². The van der Waals surface area contributed by atoms with Gasteiger partial charge in [-0.25, -0.2) is 8.42 Å². The van der Waals surface area contributed by atoms with Gasteiger partial charge in [-0.05, 0) is 36.8 Å². The number of anilines is 2. The van der Waals surface area contributed by atoms with Gasteiger partial charge in [-0.15, -0.1) is 0 Å². The zero-order valence-electron chi connectivity index (χ0n) is 19.0. The third-order valence-electron chi connectivity index (χ3n) is 5.90. The zero-order valence-corrected chi connectivity index (χ0v) is 19.8. The van der Waals surface area contributed by atoms with Crippen LogP contribution in [0.25, 0.3) is 0 Å². The number of nitrogens with one attached hydrogen (secondary N) is 1.